The van der Waals surface area contributed by atoms with Crippen molar-refractivity contribution in [1.29, 1.82) is 0 Å². The van der Waals surface area contributed by atoms with E-state index >= 15 is 0 Å². The Morgan fingerprint density at radius 2 is 2.12 bits per heavy atom. The van der Waals surface area contributed by atoms with E-state index in [1.165, 1.54) is 16.7 Å². The van der Waals surface area contributed by atoms with Crippen molar-refractivity contribution >= 4 is 5.97 Å². The summed E-state index contributed by atoms with van der Waals surface area (Å²) in [6, 6.07) is 6.25. The lowest BCUT2D eigenvalue weighted by Gasteiger charge is -2.18. The quantitative estimate of drug-likeness (QED) is 0.795. The van der Waals surface area contributed by atoms with E-state index in [-0.39, 0.29) is 11.8 Å². The van der Waals surface area contributed by atoms with Crippen LogP contribution in [0.1, 0.15) is 22.6 Å². The van der Waals surface area contributed by atoms with Gasteiger partial charge in [0.15, 0.2) is 0 Å². The lowest BCUT2D eigenvalue weighted by molar-refractivity contribution is -0.141. The van der Waals surface area contributed by atoms with Crippen LogP contribution in [0.3, 0.4) is 0 Å². The summed E-state index contributed by atoms with van der Waals surface area (Å²) >= 11 is 0. The van der Waals surface area contributed by atoms with Gasteiger partial charge in [0, 0.05) is 19.0 Å². The minimum Gasteiger partial charge on any atom is -0.481 e. The molecule has 0 spiro atoms. The van der Waals surface area contributed by atoms with E-state index in [4.69, 9.17) is 5.11 Å². The van der Waals surface area contributed by atoms with Crippen LogP contribution in [0.4, 0.5) is 0 Å². The molecule has 1 aromatic rings. The van der Waals surface area contributed by atoms with Crippen LogP contribution < -0.4 is 5.32 Å². The van der Waals surface area contributed by atoms with Crippen molar-refractivity contribution in [2.45, 2.75) is 19.8 Å². The van der Waals surface area contributed by atoms with Gasteiger partial charge in [-0.05, 0) is 25.0 Å². The molecular weight excluding hydrogens is 202 g/mol. The van der Waals surface area contributed by atoms with Gasteiger partial charge in [-0.25, -0.2) is 0 Å². The van der Waals surface area contributed by atoms with Crippen LogP contribution in [0.5, 0.6) is 0 Å². The number of hydrogen-bond acceptors (Lipinski definition) is 2. The summed E-state index contributed by atoms with van der Waals surface area (Å²) < 4.78 is 0. The molecule has 3 nitrogen and oxygen atoms in total. The summed E-state index contributed by atoms with van der Waals surface area (Å²) in [4.78, 5) is 11.1. The molecule has 1 aliphatic heterocycles. The van der Waals surface area contributed by atoms with E-state index in [2.05, 4.69) is 23.5 Å². The van der Waals surface area contributed by atoms with E-state index in [1.807, 2.05) is 13.8 Å². The van der Waals surface area contributed by atoms with Crippen molar-refractivity contribution in [3.05, 3.63) is 34.9 Å². The molecule has 0 saturated carbocycles. The van der Waals surface area contributed by atoms with Gasteiger partial charge in [-0.3, -0.25) is 4.79 Å². The fourth-order valence-electron chi connectivity index (χ4n) is 2.42. The minimum atomic E-state index is -0.698. The Morgan fingerprint density at radius 1 is 1.38 bits per heavy atom. The van der Waals surface area contributed by atoms with Crippen molar-refractivity contribution < 1.29 is 9.90 Å². The zero-order chi connectivity index (χ0) is 11.7. The monoisotopic (exact) mass is 219 g/mol. The Kier molecular flexibility index (Phi) is 2.97. The SMILES string of the molecule is Cc1ccc(C)c(C2CNCC2C(=O)O)c1. The molecule has 3 heteroatoms. The highest BCUT2D eigenvalue weighted by atomic mass is 16.4. The van der Waals surface area contributed by atoms with Gasteiger partial charge < -0.3 is 10.4 Å². The average molecular weight is 219 g/mol. The van der Waals surface area contributed by atoms with Gasteiger partial charge in [-0.1, -0.05) is 23.8 Å². The van der Waals surface area contributed by atoms with E-state index in [1.54, 1.807) is 0 Å². The average Bonchev–Trinajstić information content (AvgIpc) is 2.70. The summed E-state index contributed by atoms with van der Waals surface area (Å²) in [5.41, 5.74) is 3.56. The number of aryl methyl sites for hydroxylation is 2. The first kappa shape index (κ1) is 11.1. The van der Waals surface area contributed by atoms with Gasteiger partial charge in [-0.2, -0.15) is 0 Å². The maximum absolute atomic E-state index is 11.1. The Labute approximate surface area is 95.5 Å². The fraction of sp³-hybridized carbons (Fsp3) is 0.462. The van der Waals surface area contributed by atoms with Crippen molar-refractivity contribution in [3.8, 4) is 0 Å². The van der Waals surface area contributed by atoms with Crippen LogP contribution in [-0.4, -0.2) is 24.2 Å². The summed E-state index contributed by atoms with van der Waals surface area (Å²) in [6.07, 6.45) is 0. The molecule has 1 heterocycles. The van der Waals surface area contributed by atoms with Gasteiger partial charge in [0.1, 0.15) is 0 Å². The molecule has 1 aromatic carbocycles. The fourth-order valence-corrected chi connectivity index (χ4v) is 2.42. The summed E-state index contributed by atoms with van der Waals surface area (Å²) in [5.74, 6) is -0.881. The van der Waals surface area contributed by atoms with E-state index in [0.29, 0.717) is 6.54 Å². The Morgan fingerprint density at radius 3 is 2.81 bits per heavy atom. The predicted molar refractivity (Wildman–Crippen MR) is 62.7 cm³/mol. The first-order chi connectivity index (χ1) is 7.59. The molecule has 16 heavy (non-hydrogen) atoms. The molecule has 0 aromatic heterocycles. The Bertz CT molecular complexity index is 414. The van der Waals surface area contributed by atoms with Crippen LogP contribution in [0.15, 0.2) is 18.2 Å². The second-order valence-corrected chi connectivity index (χ2v) is 4.57. The van der Waals surface area contributed by atoms with Crippen LogP contribution >= 0.6 is 0 Å². The molecule has 0 radical (unpaired) electrons. The number of rotatable bonds is 2. The summed E-state index contributed by atoms with van der Waals surface area (Å²) in [5, 5.41) is 12.3. The second-order valence-electron chi connectivity index (χ2n) is 4.57. The van der Waals surface area contributed by atoms with Crippen molar-refractivity contribution in [2.24, 2.45) is 5.92 Å². The molecule has 2 unspecified atom stereocenters. The zero-order valence-electron chi connectivity index (χ0n) is 9.66. The van der Waals surface area contributed by atoms with E-state index < -0.39 is 5.97 Å². The molecule has 86 valence electrons. The van der Waals surface area contributed by atoms with E-state index in [9.17, 15) is 4.79 Å². The number of aliphatic carboxylic acids is 1. The van der Waals surface area contributed by atoms with Gasteiger partial charge in [0.2, 0.25) is 0 Å². The lowest BCUT2D eigenvalue weighted by Crippen LogP contribution is -2.21. The van der Waals surface area contributed by atoms with Crippen LogP contribution in [0.25, 0.3) is 0 Å². The molecule has 1 fully saturated rings. The molecule has 2 rings (SSSR count). The van der Waals surface area contributed by atoms with Gasteiger partial charge >= 0.3 is 5.97 Å². The smallest absolute Gasteiger partial charge is 0.308 e. The standard InChI is InChI=1S/C13H17NO2/c1-8-3-4-9(2)10(5-8)11-6-14-7-12(11)13(15)16/h3-5,11-12,14H,6-7H2,1-2H3,(H,15,16). The van der Waals surface area contributed by atoms with Crippen LogP contribution in [-0.2, 0) is 4.79 Å². The Balaban J connectivity index is 2.35. The largest absolute Gasteiger partial charge is 0.481 e. The number of hydrogen-bond donors (Lipinski definition) is 2. The maximum atomic E-state index is 11.1. The molecule has 0 aliphatic carbocycles. The van der Waals surface area contributed by atoms with Crippen LogP contribution in [0, 0.1) is 19.8 Å². The summed E-state index contributed by atoms with van der Waals surface area (Å²) in [7, 11) is 0. The van der Waals surface area contributed by atoms with Gasteiger partial charge in [-0.15, -0.1) is 0 Å². The maximum Gasteiger partial charge on any atom is 0.308 e. The third-order valence-electron chi connectivity index (χ3n) is 3.37. The zero-order valence-corrected chi connectivity index (χ0v) is 9.66. The minimum absolute atomic E-state index is 0.109. The number of benzene rings is 1. The van der Waals surface area contributed by atoms with Crippen LogP contribution in [0.2, 0.25) is 0 Å². The highest BCUT2D eigenvalue weighted by Gasteiger charge is 2.34. The first-order valence-electron chi connectivity index (χ1n) is 5.60. The molecule has 1 saturated heterocycles. The molecular formula is C13H17NO2. The second kappa shape index (κ2) is 4.26. The van der Waals surface area contributed by atoms with Gasteiger partial charge in [0.05, 0.1) is 5.92 Å². The summed E-state index contributed by atoms with van der Waals surface area (Å²) in [6.45, 7) is 5.43. The Hall–Kier alpha value is -1.35. The van der Waals surface area contributed by atoms with Gasteiger partial charge in [0.25, 0.3) is 0 Å². The molecule has 2 N–H and O–H groups in total. The number of carboxylic acids is 1. The van der Waals surface area contributed by atoms with Crippen molar-refractivity contribution in [1.82, 2.24) is 5.32 Å². The predicted octanol–water partition coefficient (Wildman–Crippen LogP) is 1.69. The van der Waals surface area contributed by atoms with Crippen molar-refractivity contribution in [3.63, 3.8) is 0 Å². The first-order valence-corrected chi connectivity index (χ1v) is 5.60. The molecule has 1 aliphatic rings. The number of nitrogens with one attached hydrogen (secondary N) is 1. The third kappa shape index (κ3) is 1.95. The molecule has 0 bridgehead atoms. The highest BCUT2D eigenvalue weighted by Crippen LogP contribution is 2.31. The number of carbonyl (C=O) groups is 1. The topological polar surface area (TPSA) is 49.3 Å². The highest BCUT2D eigenvalue weighted by molar-refractivity contribution is 5.72. The number of carboxylic acid groups (broad SMARTS) is 1. The van der Waals surface area contributed by atoms with Crippen molar-refractivity contribution in [2.75, 3.05) is 13.1 Å². The molecule has 0 amide bonds. The normalized spacial score (nSPS) is 24.6. The lowest BCUT2D eigenvalue weighted by atomic mass is 9.86. The van der Waals surface area contributed by atoms with E-state index in [0.717, 1.165) is 6.54 Å². The molecule has 2 atom stereocenters. The third-order valence-corrected chi connectivity index (χ3v) is 3.37.